The van der Waals surface area contributed by atoms with Crippen molar-refractivity contribution in [2.45, 2.75) is 6.42 Å². The minimum absolute atomic E-state index is 0.338. The molecule has 1 aliphatic carbocycles. The fourth-order valence-corrected chi connectivity index (χ4v) is 2.06. The van der Waals surface area contributed by atoms with Gasteiger partial charge in [0.05, 0.1) is 23.1 Å². The Morgan fingerprint density at radius 2 is 2.17 bits per heavy atom. The Kier molecular flexibility index (Phi) is 3.34. The predicted molar refractivity (Wildman–Crippen MR) is 66.7 cm³/mol. The molecule has 1 aromatic rings. The molecule has 0 saturated heterocycles. The van der Waals surface area contributed by atoms with Crippen LogP contribution in [0.5, 0.6) is 0 Å². The van der Waals surface area contributed by atoms with E-state index in [1.807, 2.05) is 6.07 Å². The normalized spacial score (nSPS) is 20.9. The van der Waals surface area contributed by atoms with Gasteiger partial charge in [-0.25, -0.2) is 0 Å². The standard InChI is InChI=1S/C12H9BrN2O3/c13-7-1-2-10(6(3-7)5-14)15-11(16)8-4-9(8)12(17)18/h1-3,8-9H,4H2,(H,15,16)(H,17,18)/t8-,9+/m1/s1. The van der Waals surface area contributed by atoms with Gasteiger partial charge in [-0.3, -0.25) is 9.59 Å². The summed E-state index contributed by atoms with van der Waals surface area (Å²) in [5.41, 5.74) is 0.743. The fraction of sp³-hybridized carbons (Fsp3) is 0.250. The second-order valence-corrected chi connectivity index (χ2v) is 4.99. The summed E-state index contributed by atoms with van der Waals surface area (Å²) in [5.74, 6) is -2.38. The predicted octanol–water partition coefficient (Wildman–Crippen LogP) is 1.98. The highest BCUT2D eigenvalue weighted by atomic mass is 79.9. The largest absolute Gasteiger partial charge is 0.481 e. The smallest absolute Gasteiger partial charge is 0.307 e. The molecule has 6 heteroatoms. The van der Waals surface area contributed by atoms with E-state index in [4.69, 9.17) is 10.4 Å². The second kappa shape index (κ2) is 4.78. The lowest BCUT2D eigenvalue weighted by molar-refractivity contribution is -0.139. The molecule has 0 bridgehead atoms. The van der Waals surface area contributed by atoms with Gasteiger partial charge in [0.15, 0.2) is 0 Å². The zero-order chi connectivity index (χ0) is 13.3. The summed E-state index contributed by atoms with van der Waals surface area (Å²) in [6, 6.07) is 6.88. The van der Waals surface area contributed by atoms with E-state index in [2.05, 4.69) is 21.2 Å². The topological polar surface area (TPSA) is 90.2 Å². The molecule has 0 heterocycles. The zero-order valence-electron chi connectivity index (χ0n) is 9.18. The molecule has 0 spiro atoms. The Morgan fingerprint density at radius 3 is 2.72 bits per heavy atom. The number of amides is 1. The first-order valence-corrected chi connectivity index (χ1v) is 6.05. The first-order valence-electron chi connectivity index (χ1n) is 5.26. The number of carboxylic acid groups (broad SMARTS) is 1. The minimum atomic E-state index is -0.952. The first kappa shape index (κ1) is 12.6. The quantitative estimate of drug-likeness (QED) is 0.893. The van der Waals surface area contributed by atoms with Gasteiger partial charge in [0.25, 0.3) is 0 Å². The average molecular weight is 309 g/mol. The molecule has 18 heavy (non-hydrogen) atoms. The van der Waals surface area contributed by atoms with Gasteiger partial charge in [0.2, 0.25) is 5.91 Å². The Balaban J connectivity index is 2.09. The van der Waals surface area contributed by atoms with Crippen LogP contribution in [-0.2, 0) is 9.59 Å². The summed E-state index contributed by atoms with van der Waals surface area (Å²) < 4.78 is 0.742. The number of halogens is 1. The molecule has 0 aromatic heterocycles. The van der Waals surface area contributed by atoms with E-state index >= 15 is 0 Å². The van der Waals surface area contributed by atoms with Crippen molar-refractivity contribution in [3.63, 3.8) is 0 Å². The molecule has 92 valence electrons. The highest BCUT2D eigenvalue weighted by Crippen LogP contribution is 2.39. The highest BCUT2D eigenvalue weighted by Gasteiger charge is 2.48. The van der Waals surface area contributed by atoms with Gasteiger partial charge < -0.3 is 10.4 Å². The number of nitriles is 1. The number of nitrogens with zero attached hydrogens (tertiary/aromatic N) is 1. The van der Waals surface area contributed by atoms with Crippen molar-refractivity contribution in [1.82, 2.24) is 0 Å². The van der Waals surface area contributed by atoms with Crippen molar-refractivity contribution in [2.24, 2.45) is 11.8 Å². The van der Waals surface area contributed by atoms with Gasteiger partial charge in [-0.05, 0) is 24.6 Å². The summed E-state index contributed by atoms with van der Waals surface area (Å²) in [7, 11) is 0. The number of carboxylic acids is 1. The van der Waals surface area contributed by atoms with E-state index in [0.717, 1.165) is 4.47 Å². The Morgan fingerprint density at radius 1 is 1.44 bits per heavy atom. The number of hydrogen-bond donors (Lipinski definition) is 2. The summed E-state index contributed by atoms with van der Waals surface area (Å²) in [6.45, 7) is 0. The molecule has 1 aliphatic rings. The molecule has 1 fully saturated rings. The molecule has 5 nitrogen and oxygen atoms in total. The maximum atomic E-state index is 11.7. The lowest BCUT2D eigenvalue weighted by atomic mass is 10.2. The van der Waals surface area contributed by atoms with Crippen LogP contribution >= 0.6 is 15.9 Å². The Hall–Kier alpha value is -1.87. The molecule has 0 unspecified atom stereocenters. The minimum Gasteiger partial charge on any atom is -0.481 e. The summed E-state index contributed by atoms with van der Waals surface area (Å²) in [5, 5.41) is 20.3. The molecule has 0 aliphatic heterocycles. The Bertz CT molecular complexity index is 565. The van der Waals surface area contributed by atoms with Gasteiger partial charge in [0, 0.05) is 4.47 Å². The third kappa shape index (κ3) is 2.51. The summed E-state index contributed by atoms with van der Waals surface area (Å²) in [6.07, 6.45) is 0.361. The fourth-order valence-electron chi connectivity index (χ4n) is 1.70. The van der Waals surface area contributed by atoms with Gasteiger partial charge >= 0.3 is 5.97 Å². The number of carbonyl (C=O) groups excluding carboxylic acids is 1. The van der Waals surface area contributed by atoms with Crippen LogP contribution in [0.1, 0.15) is 12.0 Å². The monoisotopic (exact) mass is 308 g/mol. The van der Waals surface area contributed by atoms with Gasteiger partial charge in [0.1, 0.15) is 6.07 Å². The average Bonchev–Trinajstić information content (AvgIpc) is 3.11. The van der Waals surface area contributed by atoms with Crippen LogP contribution in [0.25, 0.3) is 0 Å². The Labute approximate surface area is 112 Å². The van der Waals surface area contributed by atoms with Crippen LogP contribution in [0.2, 0.25) is 0 Å². The first-order chi connectivity index (χ1) is 8.52. The van der Waals surface area contributed by atoms with Crippen molar-refractivity contribution < 1.29 is 14.7 Å². The highest BCUT2D eigenvalue weighted by molar-refractivity contribution is 9.10. The van der Waals surface area contributed by atoms with Crippen LogP contribution in [0.3, 0.4) is 0 Å². The van der Waals surface area contributed by atoms with E-state index < -0.39 is 17.8 Å². The van der Waals surface area contributed by atoms with Crippen LogP contribution in [0.15, 0.2) is 22.7 Å². The maximum absolute atomic E-state index is 11.7. The van der Waals surface area contributed by atoms with E-state index in [9.17, 15) is 9.59 Å². The van der Waals surface area contributed by atoms with Crippen molar-refractivity contribution in [1.29, 1.82) is 5.26 Å². The third-order valence-electron chi connectivity index (χ3n) is 2.80. The van der Waals surface area contributed by atoms with E-state index in [-0.39, 0.29) is 5.91 Å². The molecule has 2 rings (SSSR count). The number of rotatable bonds is 3. The number of hydrogen-bond acceptors (Lipinski definition) is 3. The van der Waals surface area contributed by atoms with Crippen molar-refractivity contribution in [2.75, 3.05) is 5.32 Å². The summed E-state index contributed by atoms with van der Waals surface area (Å²) in [4.78, 5) is 22.4. The van der Waals surface area contributed by atoms with Gasteiger partial charge in [-0.1, -0.05) is 15.9 Å². The molecular formula is C12H9BrN2O3. The van der Waals surface area contributed by atoms with E-state index in [1.165, 1.54) is 0 Å². The van der Waals surface area contributed by atoms with Crippen LogP contribution in [-0.4, -0.2) is 17.0 Å². The lowest BCUT2D eigenvalue weighted by Crippen LogP contribution is -2.17. The molecule has 1 aromatic carbocycles. The summed E-state index contributed by atoms with van der Waals surface area (Å²) >= 11 is 3.23. The van der Waals surface area contributed by atoms with E-state index in [0.29, 0.717) is 17.7 Å². The van der Waals surface area contributed by atoms with Crippen LogP contribution < -0.4 is 5.32 Å². The van der Waals surface area contributed by atoms with Crippen molar-refractivity contribution >= 4 is 33.5 Å². The number of nitrogens with one attached hydrogen (secondary N) is 1. The number of anilines is 1. The van der Waals surface area contributed by atoms with Gasteiger partial charge in [-0.2, -0.15) is 5.26 Å². The zero-order valence-corrected chi connectivity index (χ0v) is 10.8. The number of aliphatic carboxylic acids is 1. The van der Waals surface area contributed by atoms with Crippen LogP contribution in [0, 0.1) is 23.2 Å². The molecule has 2 N–H and O–H groups in total. The maximum Gasteiger partial charge on any atom is 0.307 e. The molecule has 0 radical (unpaired) electrons. The molecule has 1 amide bonds. The van der Waals surface area contributed by atoms with E-state index in [1.54, 1.807) is 18.2 Å². The van der Waals surface area contributed by atoms with Crippen LogP contribution in [0.4, 0.5) is 5.69 Å². The molecule has 1 saturated carbocycles. The third-order valence-corrected chi connectivity index (χ3v) is 3.30. The molecule has 2 atom stereocenters. The lowest BCUT2D eigenvalue weighted by Gasteiger charge is -2.06. The number of benzene rings is 1. The van der Waals surface area contributed by atoms with Crippen molar-refractivity contribution in [3.8, 4) is 6.07 Å². The second-order valence-electron chi connectivity index (χ2n) is 4.08. The van der Waals surface area contributed by atoms with Gasteiger partial charge in [-0.15, -0.1) is 0 Å². The molecular weight excluding hydrogens is 300 g/mol. The van der Waals surface area contributed by atoms with Crippen molar-refractivity contribution in [3.05, 3.63) is 28.2 Å². The SMILES string of the molecule is N#Cc1cc(Br)ccc1NC(=O)[C@@H]1C[C@@H]1C(=O)O. The number of carbonyl (C=O) groups is 2.